The summed E-state index contributed by atoms with van der Waals surface area (Å²) >= 11 is 0. The van der Waals surface area contributed by atoms with Crippen molar-refractivity contribution in [2.45, 2.75) is 46.6 Å². The molecule has 0 bridgehead atoms. The van der Waals surface area contributed by atoms with Gasteiger partial charge in [0.05, 0.1) is 11.8 Å². The molecule has 6 heteroatoms. The number of aliphatic hydroxyl groups is 1. The summed E-state index contributed by atoms with van der Waals surface area (Å²) in [6, 6.07) is 3.98. The van der Waals surface area contributed by atoms with Gasteiger partial charge in [-0.25, -0.2) is 4.39 Å². The summed E-state index contributed by atoms with van der Waals surface area (Å²) in [4.78, 5) is 23.7. The van der Waals surface area contributed by atoms with Crippen LogP contribution < -0.4 is 10.6 Å². The molecule has 1 aromatic carbocycles. The second-order valence-electron chi connectivity index (χ2n) is 6.74. The number of benzene rings is 1. The Morgan fingerprint density at radius 3 is 2.42 bits per heavy atom. The normalized spacial score (nSPS) is 13.5. The molecule has 2 amide bonds. The minimum absolute atomic E-state index is 0.0691. The van der Waals surface area contributed by atoms with Crippen molar-refractivity contribution in [3.63, 3.8) is 0 Å². The van der Waals surface area contributed by atoms with E-state index in [1.807, 2.05) is 20.8 Å². The number of carbonyl (C=O) groups excluding carboxylic acids is 2. The molecule has 0 radical (unpaired) electrons. The Kier molecular flexibility index (Phi) is 7.85. The third-order valence-corrected chi connectivity index (χ3v) is 3.45. The van der Waals surface area contributed by atoms with Crippen LogP contribution in [0.25, 0.3) is 0 Å². The lowest BCUT2D eigenvalue weighted by atomic mass is 10.0. The van der Waals surface area contributed by atoms with Gasteiger partial charge in [-0.05, 0) is 43.4 Å². The van der Waals surface area contributed by atoms with Crippen LogP contribution in [-0.2, 0) is 4.79 Å². The number of amides is 2. The zero-order valence-corrected chi connectivity index (χ0v) is 14.7. The molecule has 0 aromatic heterocycles. The van der Waals surface area contributed by atoms with E-state index in [0.717, 1.165) is 6.07 Å². The minimum Gasteiger partial charge on any atom is -0.393 e. The maximum Gasteiger partial charge on any atom is 0.251 e. The Balaban J connectivity index is 2.63. The molecular formula is C18H27FN2O3. The van der Waals surface area contributed by atoms with Crippen LogP contribution in [-0.4, -0.2) is 29.6 Å². The Bertz CT molecular complexity index is 573. The van der Waals surface area contributed by atoms with Gasteiger partial charge >= 0.3 is 0 Å². The largest absolute Gasteiger partial charge is 0.393 e. The second kappa shape index (κ2) is 9.37. The van der Waals surface area contributed by atoms with Gasteiger partial charge in [-0.15, -0.1) is 0 Å². The first kappa shape index (κ1) is 20.1. The van der Waals surface area contributed by atoms with Crippen molar-refractivity contribution in [2.24, 2.45) is 11.8 Å². The van der Waals surface area contributed by atoms with E-state index in [2.05, 4.69) is 10.6 Å². The van der Waals surface area contributed by atoms with E-state index in [0.29, 0.717) is 19.4 Å². The zero-order valence-electron chi connectivity index (χ0n) is 14.7. The van der Waals surface area contributed by atoms with Crippen LogP contribution in [0.3, 0.4) is 0 Å². The van der Waals surface area contributed by atoms with Crippen LogP contribution >= 0.6 is 0 Å². The molecule has 0 fully saturated rings. The first-order valence-corrected chi connectivity index (χ1v) is 8.24. The smallest absolute Gasteiger partial charge is 0.251 e. The third-order valence-electron chi connectivity index (χ3n) is 3.45. The Hall–Kier alpha value is -1.95. The lowest BCUT2D eigenvalue weighted by molar-refractivity contribution is -0.116. The first-order chi connectivity index (χ1) is 11.2. The fourth-order valence-corrected chi connectivity index (χ4v) is 2.36. The summed E-state index contributed by atoms with van der Waals surface area (Å²) in [5.74, 6) is -0.980. The van der Waals surface area contributed by atoms with Crippen LogP contribution in [0.1, 0.15) is 50.9 Å². The van der Waals surface area contributed by atoms with Crippen LogP contribution in [0.4, 0.5) is 10.1 Å². The molecule has 2 unspecified atom stereocenters. The van der Waals surface area contributed by atoms with Gasteiger partial charge in [-0.1, -0.05) is 20.8 Å². The molecule has 24 heavy (non-hydrogen) atoms. The fourth-order valence-electron chi connectivity index (χ4n) is 2.36. The average Bonchev–Trinajstić information content (AvgIpc) is 2.45. The average molecular weight is 338 g/mol. The van der Waals surface area contributed by atoms with Gasteiger partial charge in [-0.3, -0.25) is 9.59 Å². The second-order valence-corrected chi connectivity index (χ2v) is 6.74. The Labute approximate surface area is 142 Å². The Morgan fingerprint density at radius 1 is 1.21 bits per heavy atom. The highest BCUT2D eigenvalue weighted by Crippen LogP contribution is 2.17. The topological polar surface area (TPSA) is 78.4 Å². The number of aliphatic hydroxyl groups excluding tert-OH is 1. The van der Waals surface area contributed by atoms with Crippen LogP contribution in [0, 0.1) is 17.7 Å². The first-order valence-electron chi connectivity index (χ1n) is 8.24. The Morgan fingerprint density at radius 2 is 1.88 bits per heavy atom. The fraction of sp³-hybridized carbons (Fsp3) is 0.556. The molecular weight excluding hydrogens is 311 g/mol. The summed E-state index contributed by atoms with van der Waals surface area (Å²) in [5.41, 5.74) is 0.262. The summed E-state index contributed by atoms with van der Waals surface area (Å²) in [5, 5.41) is 14.5. The molecule has 5 nitrogen and oxygen atoms in total. The van der Waals surface area contributed by atoms with Crippen LogP contribution in [0.5, 0.6) is 0 Å². The predicted molar refractivity (Wildman–Crippen MR) is 92.3 cm³/mol. The van der Waals surface area contributed by atoms with E-state index in [4.69, 9.17) is 0 Å². The van der Waals surface area contributed by atoms with Gasteiger partial charge in [0, 0.05) is 18.5 Å². The molecule has 1 aromatic rings. The summed E-state index contributed by atoms with van der Waals surface area (Å²) in [7, 11) is 0. The van der Waals surface area contributed by atoms with Crippen molar-refractivity contribution in [1.29, 1.82) is 0 Å². The van der Waals surface area contributed by atoms with Gasteiger partial charge in [0.1, 0.15) is 5.82 Å². The molecule has 0 aliphatic carbocycles. The molecule has 0 aliphatic rings. The van der Waals surface area contributed by atoms with Gasteiger partial charge in [0.2, 0.25) is 5.91 Å². The van der Waals surface area contributed by atoms with Crippen molar-refractivity contribution in [2.75, 3.05) is 11.9 Å². The highest BCUT2D eigenvalue weighted by atomic mass is 19.1. The van der Waals surface area contributed by atoms with Crippen molar-refractivity contribution in [1.82, 2.24) is 5.32 Å². The zero-order chi connectivity index (χ0) is 18.3. The number of anilines is 1. The molecule has 0 saturated heterocycles. The molecule has 1 rings (SSSR count). The quantitative estimate of drug-likeness (QED) is 0.682. The summed E-state index contributed by atoms with van der Waals surface area (Å²) in [6.07, 6.45) is 0.460. The minimum atomic E-state index is -0.642. The van der Waals surface area contributed by atoms with Crippen molar-refractivity contribution >= 4 is 17.5 Å². The molecule has 0 aliphatic heterocycles. The van der Waals surface area contributed by atoms with E-state index in [1.165, 1.54) is 12.1 Å². The maximum atomic E-state index is 14.1. The van der Waals surface area contributed by atoms with Crippen molar-refractivity contribution in [3.8, 4) is 0 Å². The van der Waals surface area contributed by atoms with E-state index in [9.17, 15) is 19.1 Å². The highest BCUT2D eigenvalue weighted by Gasteiger charge is 2.13. The highest BCUT2D eigenvalue weighted by molar-refractivity contribution is 5.96. The predicted octanol–water partition coefficient (Wildman–Crippen LogP) is 2.95. The number of carbonyl (C=O) groups is 2. The molecule has 2 atom stereocenters. The van der Waals surface area contributed by atoms with Crippen molar-refractivity contribution < 1.29 is 19.1 Å². The summed E-state index contributed by atoms with van der Waals surface area (Å²) in [6.45, 7) is 7.82. The van der Waals surface area contributed by atoms with Gasteiger partial charge in [0.25, 0.3) is 5.91 Å². The van der Waals surface area contributed by atoms with Gasteiger partial charge < -0.3 is 15.7 Å². The molecule has 0 saturated carbocycles. The maximum absolute atomic E-state index is 14.1. The van der Waals surface area contributed by atoms with E-state index >= 15 is 0 Å². The SMILES string of the molecule is CC(C)CC(=O)Nc1ccc(C(=O)NCC(C)CC(C)O)cc1F. The molecule has 0 heterocycles. The van der Waals surface area contributed by atoms with Crippen LogP contribution in [0.2, 0.25) is 0 Å². The van der Waals surface area contributed by atoms with E-state index in [1.54, 1.807) is 6.92 Å². The lowest BCUT2D eigenvalue weighted by Gasteiger charge is -2.14. The molecule has 3 N–H and O–H groups in total. The number of hydrogen-bond donors (Lipinski definition) is 3. The van der Waals surface area contributed by atoms with Gasteiger partial charge in [0.15, 0.2) is 0 Å². The number of halogens is 1. The number of nitrogens with one attached hydrogen (secondary N) is 2. The monoisotopic (exact) mass is 338 g/mol. The van der Waals surface area contributed by atoms with E-state index in [-0.39, 0.29) is 34.9 Å². The standard InChI is InChI=1S/C18H27FN2O3/c1-11(2)7-17(23)21-16-6-5-14(9-15(16)19)18(24)20-10-12(3)8-13(4)22/h5-6,9,11-13,22H,7-8,10H2,1-4H3,(H,20,24)(H,21,23). The van der Waals surface area contributed by atoms with Crippen molar-refractivity contribution in [3.05, 3.63) is 29.6 Å². The lowest BCUT2D eigenvalue weighted by Crippen LogP contribution is -2.29. The summed E-state index contributed by atoms with van der Waals surface area (Å²) < 4.78 is 14.1. The number of hydrogen-bond acceptors (Lipinski definition) is 3. The third kappa shape index (κ3) is 7.08. The number of rotatable bonds is 8. The molecule has 134 valence electrons. The van der Waals surface area contributed by atoms with Gasteiger partial charge in [-0.2, -0.15) is 0 Å². The van der Waals surface area contributed by atoms with Crippen LogP contribution in [0.15, 0.2) is 18.2 Å². The molecule has 0 spiro atoms. The van der Waals surface area contributed by atoms with E-state index < -0.39 is 11.9 Å².